The van der Waals surface area contributed by atoms with Crippen molar-refractivity contribution in [1.82, 2.24) is 0 Å². The summed E-state index contributed by atoms with van der Waals surface area (Å²) in [5, 5.41) is 0. The van der Waals surface area contributed by atoms with Crippen molar-refractivity contribution in [1.29, 1.82) is 0 Å². The van der Waals surface area contributed by atoms with Crippen molar-refractivity contribution in [3.8, 4) is 0 Å². The number of allylic oxidation sites excluding steroid dienone is 4. The largest absolute Gasteiger partial charge is 2.00 e. The van der Waals surface area contributed by atoms with Crippen LogP contribution in [0.3, 0.4) is 0 Å². The molecule has 0 heterocycles. The van der Waals surface area contributed by atoms with Crippen LogP contribution in [0.5, 0.6) is 0 Å². The average Bonchev–Trinajstić information content (AvgIpc) is 2.36. The predicted octanol–water partition coefficient (Wildman–Crippen LogP) is -3.94. The van der Waals surface area contributed by atoms with Gasteiger partial charge >= 0.3 is 21.7 Å². The maximum absolute atomic E-state index is 10.0. The first-order valence-corrected chi connectivity index (χ1v) is 3.93. The second-order valence-electron chi connectivity index (χ2n) is 2.67. The SMILES string of the molecule is C1=CCC=C1.CC(=O)CC(C)=O.[F-].[F-].[Ti+2]. The van der Waals surface area contributed by atoms with Crippen molar-refractivity contribution in [2.45, 2.75) is 26.7 Å². The molecule has 1 rings (SSSR count). The molecule has 0 spiro atoms. The molecule has 5 heteroatoms. The first kappa shape index (κ1) is 23.9. The van der Waals surface area contributed by atoms with Crippen molar-refractivity contribution in [3.05, 3.63) is 24.3 Å². The standard InChI is InChI=1S/C5H8O2.C5H6.2FH.Ti/c1-4(6)3-5(2)7;1-2-4-5-3-1;;;/h3H2,1-2H3;1-4H,5H2;2*1H;/q;;;;+2/p-2. The molecule has 0 aromatic carbocycles. The fourth-order valence-electron chi connectivity index (χ4n) is 0.743. The topological polar surface area (TPSA) is 34.1 Å². The molecule has 1 aliphatic rings. The Morgan fingerprint density at radius 2 is 1.33 bits per heavy atom. The van der Waals surface area contributed by atoms with E-state index in [1.165, 1.54) is 13.8 Å². The number of Topliss-reactive ketones (excluding diaryl/α,β-unsaturated/α-hetero) is 2. The van der Waals surface area contributed by atoms with Crippen LogP contribution in [0.2, 0.25) is 0 Å². The Morgan fingerprint density at radius 3 is 1.40 bits per heavy atom. The molecule has 0 aromatic heterocycles. The summed E-state index contributed by atoms with van der Waals surface area (Å²) in [4.78, 5) is 20.1. The van der Waals surface area contributed by atoms with Gasteiger partial charge in [0.05, 0.1) is 6.42 Å². The van der Waals surface area contributed by atoms with Crippen molar-refractivity contribution < 1.29 is 40.7 Å². The molecule has 1 aliphatic carbocycles. The van der Waals surface area contributed by atoms with E-state index in [1.807, 2.05) is 0 Å². The Hall–Kier alpha value is -0.606. The van der Waals surface area contributed by atoms with E-state index in [4.69, 9.17) is 0 Å². The van der Waals surface area contributed by atoms with Gasteiger partial charge in [-0.25, -0.2) is 0 Å². The van der Waals surface area contributed by atoms with Crippen LogP contribution in [0, 0.1) is 0 Å². The number of hydrogen-bond acceptors (Lipinski definition) is 2. The van der Waals surface area contributed by atoms with Crippen LogP contribution in [0.4, 0.5) is 0 Å². The summed E-state index contributed by atoms with van der Waals surface area (Å²) in [5.41, 5.74) is 0. The average molecular weight is 252 g/mol. The monoisotopic (exact) mass is 252 g/mol. The molecule has 0 atom stereocenters. The summed E-state index contributed by atoms with van der Waals surface area (Å²) in [6.07, 6.45) is 9.58. The van der Waals surface area contributed by atoms with E-state index >= 15 is 0 Å². The Morgan fingerprint density at radius 1 is 1.00 bits per heavy atom. The summed E-state index contributed by atoms with van der Waals surface area (Å²) in [5.74, 6) is -0.125. The molecule has 0 unspecified atom stereocenters. The molecule has 2 nitrogen and oxygen atoms in total. The molecule has 0 aliphatic heterocycles. The number of hydrogen-bond donors (Lipinski definition) is 0. The van der Waals surface area contributed by atoms with Crippen molar-refractivity contribution >= 4 is 11.6 Å². The van der Waals surface area contributed by atoms with Gasteiger partial charge in [-0.15, -0.1) is 0 Å². The van der Waals surface area contributed by atoms with Gasteiger partial charge in [-0.1, -0.05) is 24.3 Å². The molecule has 0 saturated heterocycles. The van der Waals surface area contributed by atoms with Gasteiger partial charge < -0.3 is 9.41 Å². The minimum Gasteiger partial charge on any atom is -1.00 e. The smallest absolute Gasteiger partial charge is 1.00 e. The molecule has 0 fully saturated rings. The maximum Gasteiger partial charge on any atom is 2.00 e. The Kier molecular flexibility index (Phi) is 25.3. The molecule has 15 heavy (non-hydrogen) atoms. The second kappa shape index (κ2) is 15.8. The van der Waals surface area contributed by atoms with Gasteiger partial charge in [-0.3, -0.25) is 9.59 Å². The minimum atomic E-state index is -0.0625. The van der Waals surface area contributed by atoms with Gasteiger partial charge in [-0.05, 0) is 20.3 Å². The first-order chi connectivity index (χ1) is 5.63. The molecule has 0 amide bonds. The molecule has 0 bridgehead atoms. The molecule has 84 valence electrons. The van der Waals surface area contributed by atoms with Crippen LogP contribution >= 0.6 is 0 Å². The van der Waals surface area contributed by atoms with E-state index in [1.54, 1.807) is 0 Å². The summed E-state index contributed by atoms with van der Waals surface area (Å²) < 4.78 is 0. The number of carbonyl (C=O) groups is 2. The normalized spacial score (nSPS) is 9.73. The van der Waals surface area contributed by atoms with Crippen molar-refractivity contribution in [3.63, 3.8) is 0 Å². The molecular weight excluding hydrogens is 238 g/mol. The molecule has 0 N–H and O–H groups in total. The Balaban J connectivity index is -0.0000000687. The third-order valence-corrected chi connectivity index (χ3v) is 1.15. The van der Waals surface area contributed by atoms with E-state index in [9.17, 15) is 9.59 Å². The van der Waals surface area contributed by atoms with Gasteiger partial charge in [0.2, 0.25) is 0 Å². The van der Waals surface area contributed by atoms with E-state index in [-0.39, 0.29) is 49.1 Å². The third kappa shape index (κ3) is 24.7. The fraction of sp³-hybridized carbons (Fsp3) is 0.400. The number of rotatable bonds is 2. The zero-order chi connectivity index (χ0) is 9.40. The molecule has 0 saturated carbocycles. The zero-order valence-electron chi connectivity index (χ0n) is 8.80. The summed E-state index contributed by atoms with van der Waals surface area (Å²) in [7, 11) is 0. The zero-order valence-corrected chi connectivity index (χ0v) is 10.4. The quantitative estimate of drug-likeness (QED) is 0.371. The van der Waals surface area contributed by atoms with Crippen LogP contribution in [-0.2, 0) is 31.3 Å². The summed E-state index contributed by atoms with van der Waals surface area (Å²) in [6.45, 7) is 2.81. The van der Waals surface area contributed by atoms with Crippen molar-refractivity contribution in [2.24, 2.45) is 0 Å². The van der Waals surface area contributed by atoms with Crippen LogP contribution in [-0.4, -0.2) is 11.6 Å². The molecule has 0 aromatic rings. The summed E-state index contributed by atoms with van der Waals surface area (Å²) >= 11 is 0. The fourth-order valence-corrected chi connectivity index (χ4v) is 0.743. The first-order valence-electron chi connectivity index (χ1n) is 3.93. The van der Waals surface area contributed by atoms with Gasteiger partial charge in [-0.2, -0.15) is 0 Å². The van der Waals surface area contributed by atoms with E-state index in [0.29, 0.717) is 0 Å². The minimum absolute atomic E-state index is 0. The predicted molar refractivity (Wildman–Crippen MR) is 48.9 cm³/mol. The number of halogens is 2. The van der Waals surface area contributed by atoms with E-state index < -0.39 is 0 Å². The van der Waals surface area contributed by atoms with Crippen molar-refractivity contribution in [2.75, 3.05) is 0 Å². The molecule has 0 radical (unpaired) electrons. The van der Waals surface area contributed by atoms with E-state index in [0.717, 1.165) is 6.42 Å². The third-order valence-electron chi connectivity index (χ3n) is 1.15. The van der Waals surface area contributed by atoms with Crippen LogP contribution < -0.4 is 9.41 Å². The number of carbonyl (C=O) groups excluding carboxylic acids is 2. The van der Waals surface area contributed by atoms with Gasteiger partial charge in [0.1, 0.15) is 11.6 Å². The van der Waals surface area contributed by atoms with Crippen LogP contribution in [0.15, 0.2) is 24.3 Å². The molecular formula is C10H14F2O2Ti. The van der Waals surface area contributed by atoms with Crippen LogP contribution in [0.1, 0.15) is 26.7 Å². The second-order valence-corrected chi connectivity index (χ2v) is 2.67. The summed E-state index contributed by atoms with van der Waals surface area (Å²) in [6, 6.07) is 0. The maximum atomic E-state index is 10.0. The van der Waals surface area contributed by atoms with Gasteiger partial charge in [0.15, 0.2) is 0 Å². The Labute approximate surface area is 103 Å². The van der Waals surface area contributed by atoms with E-state index in [2.05, 4.69) is 24.3 Å². The van der Waals surface area contributed by atoms with Gasteiger partial charge in [0.25, 0.3) is 0 Å². The Bertz CT molecular complexity index is 203. The van der Waals surface area contributed by atoms with Crippen LogP contribution in [0.25, 0.3) is 0 Å². The number of ketones is 2. The van der Waals surface area contributed by atoms with Gasteiger partial charge in [0, 0.05) is 0 Å².